The molecule has 0 aliphatic heterocycles. The van der Waals surface area contributed by atoms with Gasteiger partial charge in [-0.15, -0.1) is 0 Å². The smallest absolute Gasteiger partial charge is 0.191 e. The Morgan fingerprint density at radius 2 is 1.96 bits per heavy atom. The molecule has 0 heterocycles. The van der Waals surface area contributed by atoms with E-state index in [2.05, 4.69) is 15.8 Å². The van der Waals surface area contributed by atoms with Gasteiger partial charge in [0, 0.05) is 16.3 Å². The average Bonchev–Trinajstić information content (AvgIpc) is 2.52. The third-order valence-corrected chi connectivity index (χ3v) is 3.47. The van der Waals surface area contributed by atoms with Crippen LogP contribution in [0.2, 0.25) is 10.0 Å². The maximum absolute atomic E-state index is 9.80. The summed E-state index contributed by atoms with van der Waals surface area (Å²) in [5.41, 5.74) is 3.80. The molecule has 0 bridgehead atoms. The minimum atomic E-state index is -0.101. The lowest BCUT2D eigenvalue weighted by atomic mass is 10.2. The summed E-state index contributed by atoms with van der Waals surface area (Å²) in [6.45, 7) is 0. The van der Waals surface area contributed by atoms with Crippen LogP contribution in [0.15, 0.2) is 41.5 Å². The fourth-order valence-electron chi connectivity index (χ4n) is 1.68. The molecule has 0 amide bonds. The zero-order chi connectivity index (χ0) is 16.8. The first-order valence-electron chi connectivity index (χ1n) is 6.41. The van der Waals surface area contributed by atoms with Crippen molar-refractivity contribution in [3.63, 3.8) is 0 Å². The number of anilines is 1. The molecule has 0 fully saturated rings. The number of phenols is 1. The topological polar surface area (TPSA) is 65.9 Å². The Bertz CT molecular complexity index is 736. The normalized spacial score (nSPS) is 10.6. The predicted molar refractivity (Wildman–Crippen MR) is 98.1 cm³/mol. The molecule has 2 rings (SSSR count). The van der Waals surface area contributed by atoms with Crippen LogP contribution in [-0.4, -0.2) is 23.5 Å². The van der Waals surface area contributed by atoms with Gasteiger partial charge in [-0.3, -0.25) is 5.43 Å². The number of ether oxygens (including phenoxy) is 1. The first-order valence-corrected chi connectivity index (χ1v) is 7.58. The molecular weight excluding hydrogens is 357 g/mol. The second kappa shape index (κ2) is 8.01. The molecule has 5 nitrogen and oxygen atoms in total. The molecule has 0 aliphatic rings. The fourth-order valence-corrected chi connectivity index (χ4v) is 2.36. The molecule has 0 saturated carbocycles. The van der Waals surface area contributed by atoms with Crippen molar-refractivity contribution in [2.45, 2.75) is 0 Å². The molecule has 120 valence electrons. The van der Waals surface area contributed by atoms with Gasteiger partial charge in [-0.25, -0.2) is 0 Å². The van der Waals surface area contributed by atoms with Crippen molar-refractivity contribution in [3.8, 4) is 11.5 Å². The summed E-state index contributed by atoms with van der Waals surface area (Å²) in [5.74, 6) is 0.649. The van der Waals surface area contributed by atoms with Crippen molar-refractivity contribution in [2.75, 3.05) is 12.4 Å². The minimum absolute atomic E-state index is 0.101. The number of hydrazone groups is 1. The number of rotatable bonds is 4. The molecular formula is C15H13Cl2N3O2S. The van der Waals surface area contributed by atoms with Gasteiger partial charge >= 0.3 is 0 Å². The SMILES string of the molecule is COc1ccc(NC(=S)N/N=C/c2cc(Cl)cc(Cl)c2O)cc1. The lowest BCUT2D eigenvalue weighted by Crippen LogP contribution is -2.23. The van der Waals surface area contributed by atoms with Gasteiger partial charge in [0.1, 0.15) is 11.5 Å². The van der Waals surface area contributed by atoms with Gasteiger partial charge in [-0.1, -0.05) is 23.2 Å². The van der Waals surface area contributed by atoms with E-state index in [4.69, 9.17) is 40.2 Å². The molecule has 0 aromatic heterocycles. The minimum Gasteiger partial charge on any atom is -0.506 e. The summed E-state index contributed by atoms with van der Waals surface area (Å²) in [4.78, 5) is 0. The highest BCUT2D eigenvalue weighted by Gasteiger charge is 2.06. The summed E-state index contributed by atoms with van der Waals surface area (Å²) in [6, 6.07) is 10.2. The Morgan fingerprint density at radius 3 is 2.61 bits per heavy atom. The molecule has 23 heavy (non-hydrogen) atoms. The molecule has 8 heteroatoms. The van der Waals surface area contributed by atoms with Gasteiger partial charge in [0.2, 0.25) is 0 Å². The standard InChI is InChI=1S/C15H13Cl2N3O2S/c1-22-12-4-2-11(3-5-12)19-15(23)20-18-8-9-6-10(16)7-13(17)14(9)21/h2-8,21H,1H3,(H2,19,20,23)/b18-8+. The van der Waals surface area contributed by atoms with Gasteiger partial charge in [0.25, 0.3) is 0 Å². The van der Waals surface area contributed by atoms with E-state index < -0.39 is 0 Å². The molecule has 2 aromatic rings. The van der Waals surface area contributed by atoms with Crippen molar-refractivity contribution >= 4 is 52.4 Å². The average molecular weight is 370 g/mol. The highest BCUT2D eigenvalue weighted by molar-refractivity contribution is 7.80. The van der Waals surface area contributed by atoms with Gasteiger partial charge in [0.05, 0.1) is 18.3 Å². The van der Waals surface area contributed by atoms with E-state index in [9.17, 15) is 5.11 Å². The predicted octanol–water partition coefficient (Wildman–Crippen LogP) is 4.03. The highest BCUT2D eigenvalue weighted by atomic mass is 35.5. The molecule has 0 radical (unpaired) electrons. The van der Waals surface area contributed by atoms with E-state index >= 15 is 0 Å². The number of hydrogen-bond acceptors (Lipinski definition) is 4. The van der Waals surface area contributed by atoms with E-state index in [0.29, 0.717) is 15.7 Å². The van der Waals surface area contributed by atoms with Crippen molar-refractivity contribution in [2.24, 2.45) is 5.10 Å². The quantitative estimate of drug-likeness (QED) is 0.431. The Balaban J connectivity index is 1.96. The Labute approximate surface area is 148 Å². The Hall–Kier alpha value is -2.02. The van der Waals surface area contributed by atoms with E-state index in [0.717, 1.165) is 11.4 Å². The lowest BCUT2D eigenvalue weighted by molar-refractivity contribution is 0.415. The third kappa shape index (κ3) is 4.99. The first-order chi connectivity index (χ1) is 11.0. The van der Waals surface area contributed by atoms with Crippen LogP contribution in [0.1, 0.15) is 5.56 Å². The maximum atomic E-state index is 9.80. The summed E-state index contributed by atoms with van der Waals surface area (Å²) in [6.07, 6.45) is 1.37. The van der Waals surface area contributed by atoms with E-state index in [1.807, 2.05) is 12.1 Å². The number of benzene rings is 2. The largest absolute Gasteiger partial charge is 0.506 e. The number of thiocarbonyl (C=S) groups is 1. The third-order valence-electron chi connectivity index (χ3n) is 2.78. The van der Waals surface area contributed by atoms with Gasteiger partial charge < -0.3 is 15.2 Å². The van der Waals surface area contributed by atoms with Crippen molar-refractivity contribution in [1.29, 1.82) is 0 Å². The second-order valence-electron chi connectivity index (χ2n) is 4.38. The molecule has 3 N–H and O–H groups in total. The van der Waals surface area contributed by atoms with Crippen molar-refractivity contribution in [1.82, 2.24) is 5.43 Å². The zero-order valence-electron chi connectivity index (χ0n) is 12.0. The van der Waals surface area contributed by atoms with Crippen LogP contribution < -0.4 is 15.5 Å². The first kappa shape index (κ1) is 17.3. The van der Waals surface area contributed by atoms with Crippen LogP contribution in [0.4, 0.5) is 5.69 Å². The van der Waals surface area contributed by atoms with Crippen molar-refractivity contribution < 1.29 is 9.84 Å². The van der Waals surface area contributed by atoms with Crippen LogP contribution in [0.5, 0.6) is 11.5 Å². The molecule has 0 saturated heterocycles. The molecule has 0 unspecified atom stereocenters. The number of nitrogens with one attached hydrogen (secondary N) is 2. The number of phenolic OH excluding ortho intramolecular Hbond substituents is 1. The van der Waals surface area contributed by atoms with Gasteiger partial charge in [0.15, 0.2) is 5.11 Å². The van der Waals surface area contributed by atoms with Gasteiger partial charge in [-0.05, 0) is 48.6 Å². The van der Waals surface area contributed by atoms with Crippen LogP contribution in [0, 0.1) is 0 Å². The van der Waals surface area contributed by atoms with Crippen LogP contribution in [0.3, 0.4) is 0 Å². The number of halogens is 2. The number of methoxy groups -OCH3 is 1. The molecule has 0 atom stereocenters. The summed E-state index contributed by atoms with van der Waals surface area (Å²) in [5, 5.41) is 17.5. The Kier molecular flexibility index (Phi) is 6.04. The van der Waals surface area contributed by atoms with E-state index in [1.165, 1.54) is 18.3 Å². The lowest BCUT2D eigenvalue weighted by Gasteiger charge is -2.08. The summed E-state index contributed by atoms with van der Waals surface area (Å²) in [7, 11) is 1.60. The second-order valence-corrected chi connectivity index (χ2v) is 5.63. The molecule has 0 aliphatic carbocycles. The summed E-state index contributed by atoms with van der Waals surface area (Å²) >= 11 is 16.8. The number of nitrogens with zero attached hydrogens (tertiary/aromatic N) is 1. The van der Waals surface area contributed by atoms with E-state index in [-0.39, 0.29) is 10.8 Å². The van der Waals surface area contributed by atoms with Crippen LogP contribution in [0.25, 0.3) is 0 Å². The van der Waals surface area contributed by atoms with Crippen LogP contribution >= 0.6 is 35.4 Å². The van der Waals surface area contributed by atoms with Crippen LogP contribution in [-0.2, 0) is 0 Å². The fraction of sp³-hybridized carbons (Fsp3) is 0.0667. The number of aromatic hydroxyl groups is 1. The highest BCUT2D eigenvalue weighted by Crippen LogP contribution is 2.29. The Morgan fingerprint density at radius 1 is 1.26 bits per heavy atom. The molecule has 2 aromatic carbocycles. The van der Waals surface area contributed by atoms with Gasteiger partial charge in [-0.2, -0.15) is 5.10 Å². The maximum Gasteiger partial charge on any atom is 0.191 e. The van der Waals surface area contributed by atoms with Crippen molar-refractivity contribution in [3.05, 3.63) is 52.0 Å². The zero-order valence-corrected chi connectivity index (χ0v) is 14.3. The summed E-state index contributed by atoms with van der Waals surface area (Å²) < 4.78 is 5.07. The monoisotopic (exact) mass is 369 g/mol. The van der Waals surface area contributed by atoms with E-state index in [1.54, 1.807) is 19.2 Å². The molecule has 0 spiro atoms. The number of hydrogen-bond donors (Lipinski definition) is 3.